The van der Waals surface area contributed by atoms with Crippen LogP contribution in [0.4, 0.5) is 0 Å². The normalized spacial score (nSPS) is 18.9. The molecule has 2 amide bonds. The molecule has 0 radical (unpaired) electrons. The predicted molar refractivity (Wildman–Crippen MR) is 93.4 cm³/mol. The van der Waals surface area contributed by atoms with E-state index < -0.39 is 5.91 Å². The summed E-state index contributed by atoms with van der Waals surface area (Å²) in [7, 11) is 0. The minimum absolute atomic E-state index is 0. The zero-order chi connectivity index (χ0) is 16.3. The number of nitrogens with zero attached hydrogens (tertiary/aromatic N) is 1. The Hall–Kier alpha value is -1.79. The fourth-order valence-corrected chi connectivity index (χ4v) is 3.46. The van der Waals surface area contributed by atoms with Gasteiger partial charge >= 0.3 is 0 Å². The third-order valence-corrected chi connectivity index (χ3v) is 4.91. The first-order valence-electron chi connectivity index (χ1n) is 8.09. The number of ether oxygens (including phenoxy) is 1. The molecule has 2 saturated heterocycles. The minimum atomic E-state index is -0.534. The number of piperidine rings is 1. The highest BCUT2D eigenvalue weighted by Gasteiger charge is 2.38. The molecule has 2 aliphatic heterocycles. The van der Waals surface area contributed by atoms with Gasteiger partial charge in [0.2, 0.25) is 0 Å². The number of halogens is 1. The van der Waals surface area contributed by atoms with Crippen LogP contribution in [-0.4, -0.2) is 49.5 Å². The fourth-order valence-electron chi connectivity index (χ4n) is 3.46. The lowest BCUT2D eigenvalue weighted by Crippen LogP contribution is -2.44. The van der Waals surface area contributed by atoms with Gasteiger partial charge in [-0.1, -0.05) is 6.07 Å². The van der Waals surface area contributed by atoms with Crippen LogP contribution in [0.15, 0.2) is 24.3 Å². The summed E-state index contributed by atoms with van der Waals surface area (Å²) < 4.78 is 5.27. The topological polar surface area (TPSA) is 84.7 Å². The summed E-state index contributed by atoms with van der Waals surface area (Å²) in [6.45, 7) is 3.58. The maximum Gasteiger partial charge on any atom is 0.255 e. The van der Waals surface area contributed by atoms with E-state index in [0.717, 1.165) is 39.0 Å². The molecule has 0 unspecified atom stereocenters. The van der Waals surface area contributed by atoms with Crippen molar-refractivity contribution >= 4 is 24.2 Å². The third kappa shape index (κ3) is 4.19. The van der Waals surface area contributed by atoms with E-state index in [2.05, 4.69) is 5.32 Å². The molecule has 7 heteroatoms. The van der Waals surface area contributed by atoms with E-state index in [4.69, 9.17) is 10.5 Å². The van der Waals surface area contributed by atoms with Crippen molar-refractivity contribution in [2.75, 3.05) is 32.8 Å². The van der Waals surface area contributed by atoms with Crippen molar-refractivity contribution in [3.05, 3.63) is 29.8 Å². The van der Waals surface area contributed by atoms with Crippen LogP contribution in [0.5, 0.6) is 5.75 Å². The molecule has 2 aliphatic rings. The van der Waals surface area contributed by atoms with Crippen LogP contribution in [0.3, 0.4) is 0 Å². The van der Waals surface area contributed by atoms with Gasteiger partial charge in [-0.05, 0) is 49.4 Å². The zero-order valence-electron chi connectivity index (χ0n) is 13.6. The Bertz CT molecular complexity index is 592. The second-order valence-corrected chi connectivity index (χ2v) is 6.50. The van der Waals surface area contributed by atoms with Crippen LogP contribution in [0, 0.1) is 5.41 Å². The third-order valence-electron chi connectivity index (χ3n) is 4.91. The zero-order valence-corrected chi connectivity index (χ0v) is 14.4. The Morgan fingerprint density at radius 1 is 1.25 bits per heavy atom. The number of hydrogen-bond acceptors (Lipinski definition) is 4. The van der Waals surface area contributed by atoms with Crippen LogP contribution in [0.1, 0.15) is 29.6 Å². The fraction of sp³-hybridized carbons (Fsp3) is 0.529. The number of amides is 2. The van der Waals surface area contributed by atoms with Crippen molar-refractivity contribution in [1.29, 1.82) is 0 Å². The van der Waals surface area contributed by atoms with Gasteiger partial charge in [0.25, 0.3) is 11.8 Å². The number of nitrogens with one attached hydrogen (secondary N) is 1. The lowest BCUT2D eigenvalue weighted by atomic mass is 9.78. The molecule has 132 valence electrons. The molecule has 0 aliphatic carbocycles. The van der Waals surface area contributed by atoms with Crippen LogP contribution in [0.2, 0.25) is 0 Å². The summed E-state index contributed by atoms with van der Waals surface area (Å²) in [6.07, 6.45) is 3.33. The van der Waals surface area contributed by atoms with E-state index in [1.165, 1.54) is 6.42 Å². The van der Waals surface area contributed by atoms with E-state index in [1.54, 1.807) is 24.3 Å². The quantitative estimate of drug-likeness (QED) is 0.851. The second kappa shape index (κ2) is 7.85. The lowest BCUT2D eigenvalue weighted by molar-refractivity contribution is -0.119. The Kier molecular flexibility index (Phi) is 6.07. The number of carbonyl (C=O) groups is 2. The molecule has 3 N–H and O–H groups in total. The summed E-state index contributed by atoms with van der Waals surface area (Å²) in [5.41, 5.74) is 6.05. The van der Waals surface area contributed by atoms with Gasteiger partial charge in [0, 0.05) is 25.2 Å². The van der Waals surface area contributed by atoms with Crippen LogP contribution in [0.25, 0.3) is 0 Å². The van der Waals surface area contributed by atoms with E-state index in [0.29, 0.717) is 16.7 Å². The van der Waals surface area contributed by atoms with Crippen molar-refractivity contribution in [3.63, 3.8) is 0 Å². The standard InChI is InChI=1S/C17H23N3O3.ClH/c18-15(21)11-23-14-3-1-2-13(10-14)16(22)20-8-5-17(6-9-20)4-7-19-12-17;/h1-3,10,19H,4-9,11-12H2,(H2,18,21);1H. The number of rotatable bonds is 4. The van der Waals surface area contributed by atoms with Gasteiger partial charge in [-0.15, -0.1) is 12.4 Å². The predicted octanol–water partition coefficient (Wildman–Crippen LogP) is 1.19. The lowest BCUT2D eigenvalue weighted by Gasteiger charge is -2.38. The number of primary amides is 1. The Morgan fingerprint density at radius 3 is 2.62 bits per heavy atom. The molecule has 6 nitrogen and oxygen atoms in total. The van der Waals surface area contributed by atoms with Crippen LogP contribution < -0.4 is 15.8 Å². The van der Waals surface area contributed by atoms with Gasteiger partial charge in [0.05, 0.1) is 0 Å². The largest absolute Gasteiger partial charge is 0.484 e. The number of benzene rings is 1. The van der Waals surface area contributed by atoms with Gasteiger partial charge in [-0.2, -0.15) is 0 Å². The molecular weight excluding hydrogens is 330 g/mol. The minimum Gasteiger partial charge on any atom is -0.484 e. The van der Waals surface area contributed by atoms with Crippen molar-refractivity contribution < 1.29 is 14.3 Å². The first-order chi connectivity index (χ1) is 11.1. The monoisotopic (exact) mass is 353 g/mol. The maximum absolute atomic E-state index is 12.7. The van der Waals surface area contributed by atoms with Gasteiger partial charge in [0.1, 0.15) is 5.75 Å². The summed E-state index contributed by atoms with van der Waals surface area (Å²) in [5.74, 6) is -0.0216. The van der Waals surface area contributed by atoms with Gasteiger partial charge in [-0.3, -0.25) is 9.59 Å². The van der Waals surface area contributed by atoms with Crippen molar-refractivity contribution in [2.45, 2.75) is 19.3 Å². The van der Waals surface area contributed by atoms with Gasteiger partial charge in [-0.25, -0.2) is 0 Å². The average molecular weight is 354 g/mol. The highest BCUT2D eigenvalue weighted by Crippen LogP contribution is 2.37. The Balaban J connectivity index is 0.00000208. The summed E-state index contributed by atoms with van der Waals surface area (Å²) in [6, 6.07) is 6.93. The highest BCUT2D eigenvalue weighted by molar-refractivity contribution is 5.94. The van der Waals surface area contributed by atoms with Crippen molar-refractivity contribution in [2.24, 2.45) is 11.1 Å². The number of hydrogen-bond donors (Lipinski definition) is 2. The molecule has 2 heterocycles. The number of nitrogens with two attached hydrogens (primary N) is 1. The molecule has 0 atom stereocenters. The summed E-state index contributed by atoms with van der Waals surface area (Å²) in [4.78, 5) is 25.3. The molecular formula is C17H24ClN3O3. The van der Waals surface area contributed by atoms with E-state index in [-0.39, 0.29) is 24.9 Å². The summed E-state index contributed by atoms with van der Waals surface area (Å²) >= 11 is 0. The van der Waals surface area contributed by atoms with Gasteiger partial charge in [0.15, 0.2) is 6.61 Å². The maximum atomic E-state index is 12.7. The molecule has 1 aromatic rings. The first-order valence-corrected chi connectivity index (χ1v) is 8.09. The van der Waals surface area contributed by atoms with E-state index >= 15 is 0 Å². The second-order valence-electron chi connectivity index (χ2n) is 6.50. The van der Waals surface area contributed by atoms with Crippen molar-refractivity contribution in [3.8, 4) is 5.75 Å². The number of likely N-dealkylation sites (tertiary alicyclic amines) is 1. The van der Waals surface area contributed by atoms with Crippen LogP contribution in [-0.2, 0) is 4.79 Å². The molecule has 1 spiro atoms. The van der Waals surface area contributed by atoms with E-state index in [1.807, 2.05) is 4.90 Å². The molecule has 3 rings (SSSR count). The van der Waals surface area contributed by atoms with E-state index in [9.17, 15) is 9.59 Å². The molecule has 0 saturated carbocycles. The molecule has 1 aromatic carbocycles. The smallest absolute Gasteiger partial charge is 0.255 e. The molecule has 0 aromatic heterocycles. The first kappa shape index (κ1) is 18.5. The van der Waals surface area contributed by atoms with Crippen LogP contribution >= 0.6 is 12.4 Å². The molecule has 0 bridgehead atoms. The molecule has 24 heavy (non-hydrogen) atoms. The summed E-state index contributed by atoms with van der Waals surface area (Å²) in [5, 5.41) is 3.43. The highest BCUT2D eigenvalue weighted by atomic mass is 35.5. The average Bonchev–Trinajstić information content (AvgIpc) is 3.01. The Morgan fingerprint density at radius 2 is 2.00 bits per heavy atom. The Labute approximate surface area is 148 Å². The van der Waals surface area contributed by atoms with Crippen molar-refractivity contribution in [1.82, 2.24) is 10.2 Å². The van der Waals surface area contributed by atoms with Gasteiger partial charge < -0.3 is 20.7 Å². The number of carbonyl (C=O) groups excluding carboxylic acids is 2. The SMILES string of the molecule is Cl.NC(=O)COc1cccc(C(=O)N2CCC3(CCNC3)CC2)c1. The molecule has 2 fully saturated rings.